The molecule has 1 fully saturated rings. The third-order valence-corrected chi connectivity index (χ3v) is 4.59. The maximum Gasteiger partial charge on any atom is 0.166 e. The number of nitrogens with zero attached hydrogens (tertiary/aromatic N) is 3. The topological polar surface area (TPSA) is 84.6 Å². The van der Waals surface area contributed by atoms with E-state index < -0.39 is 5.82 Å². The van der Waals surface area contributed by atoms with Gasteiger partial charge in [0.25, 0.3) is 0 Å². The lowest BCUT2D eigenvalue weighted by Gasteiger charge is -2.32. The summed E-state index contributed by atoms with van der Waals surface area (Å²) >= 11 is 0. The Bertz CT molecular complexity index is 787. The summed E-state index contributed by atoms with van der Waals surface area (Å²) in [6.07, 6.45) is 5.00. The minimum absolute atomic E-state index is 0.122. The second kappa shape index (κ2) is 8.53. The Morgan fingerprint density at radius 2 is 2.15 bits per heavy atom. The van der Waals surface area contributed by atoms with Gasteiger partial charge >= 0.3 is 0 Å². The van der Waals surface area contributed by atoms with Crippen LogP contribution >= 0.6 is 0 Å². The van der Waals surface area contributed by atoms with Gasteiger partial charge in [0.2, 0.25) is 0 Å². The number of nitrogens with one attached hydrogen (secondary N) is 2. The standard InChI is InChI=1S/C19H22FN5O/c20-18-5-2-8-22-19(18)23-12-16(24-21)13-25-9-6-14(7-10-25)15-3-1-4-17(26)11-15/h1-5,8,11-12,14,21,26H,6-7,9-10,13H2,(H,22,23)/b16-12-,24-21?. The first-order chi connectivity index (χ1) is 12.7. The highest BCUT2D eigenvalue weighted by atomic mass is 19.1. The van der Waals surface area contributed by atoms with Crippen molar-refractivity contribution in [3.63, 3.8) is 0 Å². The van der Waals surface area contributed by atoms with Crippen LogP contribution < -0.4 is 5.32 Å². The predicted octanol–water partition coefficient (Wildman–Crippen LogP) is 4.09. The zero-order valence-corrected chi connectivity index (χ0v) is 14.4. The molecular weight excluding hydrogens is 333 g/mol. The highest BCUT2D eigenvalue weighted by molar-refractivity contribution is 5.39. The molecule has 0 atom stereocenters. The first-order valence-corrected chi connectivity index (χ1v) is 8.60. The lowest BCUT2D eigenvalue weighted by atomic mass is 9.89. The number of aromatic nitrogens is 1. The summed E-state index contributed by atoms with van der Waals surface area (Å²) < 4.78 is 13.6. The molecule has 0 bridgehead atoms. The minimum Gasteiger partial charge on any atom is -0.508 e. The van der Waals surface area contributed by atoms with Crippen molar-refractivity contribution in [1.82, 2.24) is 9.88 Å². The molecule has 6 nitrogen and oxygen atoms in total. The quantitative estimate of drug-likeness (QED) is 0.681. The van der Waals surface area contributed by atoms with Gasteiger partial charge in [-0.3, -0.25) is 4.90 Å². The van der Waals surface area contributed by atoms with Crippen LogP contribution in [0.15, 0.2) is 59.6 Å². The average Bonchev–Trinajstić information content (AvgIpc) is 2.67. The zero-order chi connectivity index (χ0) is 18.4. The molecule has 0 saturated carbocycles. The maximum absolute atomic E-state index is 13.6. The Morgan fingerprint density at radius 3 is 2.85 bits per heavy atom. The summed E-state index contributed by atoms with van der Waals surface area (Å²) in [5.41, 5.74) is 9.03. The van der Waals surface area contributed by atoms with Gasteiger partial charge in [-0.05, 0) is 61.7 Å². The van der Waals surface area contributed by atoms with Crippen LogP contribution in [0.1, 0.15) is 24.3 Å². The molecule has 0 radical (unpaired) electrons. The van der Waals surface area contributed by atoms with Crippen LogP contribution in [-0.4, -0.2) is 34.6 Å². The van der Waals surface area contributed by atoms with E-state index in [2.05, 4.69) is 26.4 Å². The van der Waals surface area contributed by atoms with Crippen molar-refractivity contribution >= 4 is 5.82 Å². The van der Waals surface area contributed by atoms with Gasteiger partial charge in [0, 0.05) is 18.9 Å². The molecule has 26 heavy (non-hydrogen) atoms. The van der Waals surface area contributed by atoms with Gasteiger partial charge < -0.3 is 10.4 Å². The third kappa shape index (κ3) is 4.64. The van der Waals surface area contributed by atoms with E-state index in [4.69, 9.17) is 5.53 Å². The molecule has 1 aliphatic heterocycles. The zero-order valence-electron chi connectivity index (χ0n) is 14.4. The number of aromatic hydroxyl groups is 1. The van der Waals surface area contributed by atoms with E-state index in [9.17, 15) is 9.50 Å². The molecule has 3 N–H and O–H groups in total. The fourth-order valence-corrected chi connectivity index (χ4v) is 3.19. The van der Waals surface area contributed by atoms with E-state index in [0.717, 1.165) is 31.5 Å². The largest absolute Gasteiger partial charge is 0.508 e. The van der Waals surface area contributed by atoms with E-state index in [1.54, 1.807) is 6.07 Å². The van der Waals surface area contributed by atoms with Crippen molar-refractivity contribution in [3.8, 4) is 5.75 Å². The van der Waals surface area contributed by atoms with Crippen molar-refractivity contribution in [2.45, 2.75) is 18.8 Å². The monoisotopic (exact) mass is 355 g/mol. The van der Waals surface area contributed by atoms with E-state index >= 15 is 0 Å². The Labute approximate surface area is 151 Å². The number of piperidine rings is 1. The van der Waals surface area contributed by atoms with Crippen LogP contribution in [0.3, 0.4) is 0 Å². The molecular formula is C19H22FN5O. The number of benzene rings is 1. The van der Waals surface area contributed by atoms with Crippen molar-refractivity contribution in [3.05, 3.63) is 65.9 Å². The number of pyridine rings is 1. The van der Waals surface area contributed by atoms with Gasteiger partial charge in [-0.15, -0.1) is 0 Å². The van der Waals surface area contributed by atoms with Gasteiger partial charge in [0.05, 0.1) is 5.70 Å². The Hall–Kier alpha value is -2.80. The molecule has 2 aromatic rings. The summed E-state index contributed by atoms with van der Waals surface area (Å²) in [5, 5.41) is 15.9. The number of likely N-dealkylation sites (tertiary alicyclic amines) is 1. The van der Waals surface area contributed by atoms with Crippen molar-refractivity contribution in [2.75, 3.05) is 25.0 Å². The average molecular weight is 355 g/mol. The van der Waals surface area contributed by atoms with Gasteiger partial charge in [0.1, 0.15) is 5.75 Å². The third-order valence-electron chi connectivity index (χ3n) is 4.59. The van der Waals surface area contributed by atoms with Crippen molar-refractivity contribution in [2.24, 2.45) is 5.11 Å². The molecule has 1 aromatic carbocycles. The summed E-state index contributed by atoms with van der Waals surface area (Å²) in [4.78, 5) is 6.14. The predicted molar refractivity (Wildman–Crippen MR) is 97.6 cm³/mol. The maximum atomic E-state index is 13.6. The van der Waals surface area contributed by atoms with Gasteiger partial charge in [0.15, 0.2) is 11.6 Å². The first-order valence-electron chi connectivity index (χ1n) is 8.60. The molecule has 0 aliphatic carbocycles. The van der Waals surface area contributed by atoms with Gasteiger partial charge in [-0.2, -0.15) is 5.11 Å². The lowest BCUT2D eigenvalue weighted by molar-refractivity contribution is 0.227. The van der Waals surface area contributed by atoms with Gasteiger partial charge in [-0.1, -0.05) is 12.1 Å². The van der Waals surface area contributed by atoms with Gasteiger partial charge in [-0.25, -0.2) is 14.9 Å². The fraction of sp³-hybridized carbons (Fsp3) is 0.316. The van der Waals surface area contributed by atoms with E-state index in [1.807, 2.05) is 12.1 Å². The van der Waals surface area contributed by atoms with Crippen LogP contribution in [0, 0.1) is 11.3 Å². The molecule has 0 amide bonds. The second-order valence-corrected chi connectivity index (χ2v) is 6.37. The lowest BCUT2D eigenvalue weighted by Crippen LogP contribution is -2.34. The van der Waals surface area contributed by atoms with E-state index in [0.29, 0.717) is 23.9 Å². The number of hydrogen-bond acceptors (Lipinski definition) is 6. The first kappa shape index (κ1) is 18.0. The Balaban J connectivity index is 1.55. The SMILES string of the molecule is N=N/C(=C\Nc1ncccc1F)CN1CCC(c2cccc(O)c2)CC1. The van der Waals surface area contributed by atoms with Crippen molar-refractivity contribution < 1.29 is 9.50 Å². The van der Waals surface area contributed by atoms with E-state index in [-0.39, 0.29) is 5.82 Å². The molecule has 1 aromatic heterocycles. The van der Waals surface area contributed by atoms with Crippen LogP contribution in [0.2, 0.25) is 0 Å². The highest BCUT2D eigenvalue weighted by Crippen LogP contribution is 2.30. The van der Waals surface area contributed by atoms with Crippen LogP contribution in [0.4, 0.5) is 10.2 Å². The molecule has 0 spiro atoms. The van der Waals surface area contributed by atoms with Crippen LogP contribution in [-0.2, 0) is 0 Å². The molecule has 1 aliphatic rings. The second-order valence-electron chi connectivity index (χ2n) is 6.37. The Kier molecular flexibility index (Phi) is 5.91. The van der Waals surface area contributed by atoms with Crippen LogP contribution in [0.25, 0.3) is 0 Å². The normalized spacial score (nSPS) is 16.4. The number of halogens is 1. The summed E-state index contributed by atoms with van der Waals surface area (Å²) in [6, 6.07) is 10.3. The molecule has 0 unspecified atom stereocenters. The number of anilines is 1. The fourth-order valence-electron chi connectivity index (χ4n) is 3.19. The number of rotatable bonds is 6. The Morgan fingerprint density at radius 1 is 1.35 bits per heavy atom. The van der Waals surface area contributed by atoms with E-state index in [1.165, 1.54) is 24.5 Å². The number of phenolic OH excluding ortho intramolecular Hbond substituents is 1. The van der Waals surface area contributed by atoms with Crippen LogP contribution in [0.5, 0.6) is 5.75 Å². The molecule has 136 valence electrons. The highest BCUT2D eigenvalue weighted by Gasteiger charge is 2.21. The molecule has 1 saturated heterocycles. The minimum atomic E-state index is -0.444. The molecule has 2 heterocycles. The smallest absolute Gasteiger partial charge is 0.166 e. The number of phenols is 1. The molecule has 7 heteroatoms. The van der Waals surface area contributed by atoms with Crippen molar-refractivity contribution in [1.29, 1.82) is 5.53 Å². The summed E-state index contributed by atoms with van der Waals surface area (Å²) in [7, 11) is 0. The number of hydrogen-bond donors (Lipinski definition) is 3. The molecule has 3 rings (SSSR count). The summed E-state index contributed by atoms with van der Waals surface area (Å²) in [6.45, 7) is 2.29. The summed E-state index contributed by atoms with van der Waals surface area (Å²) in [5.74, 6) is 0.409.